The number of hydrogen-bond acceptors (Lipinski definition) is 8. The van der Waals surface area contributed by atoms with Crippen molar-refractivity contribution in [1.29, 1.82) is 0 Å². The molecule has 4 heterocycles. The smallest absolute Gasteiger partial charge is 0.317 e. The van der Waals surface area contributed by atoms with Gasteiger partial charge >= 0.3 is 6.03 Å². The number of piperidine rings is 1. The molecular formula is C35H49FN6O6. The summed E-state index contributed by atoms with van der Waals surface area (Å²) in [6.07, 6.45) is 5.67. The number of unbranched alkanes of at least 4 members (excludes halogenated alkanes) is 1. The van der Waals surface area contributed by atoms with E-state index in [0.29, 0.717) is 111 Å². The number of nitrogens with zero attached hydrogens (tertiary/aromatic N) is 5. The Labute approximate surface area is 281 Å². The van der Waals surface area contributed by atoms with E-state index in [-0.39, 0.29) is 18.6 Å². The van der Waals surface area contributed by atoms with Gasteiger partial charge in [-0.2, -0.15) is 0 Å². The van der Waals surface area contributed by atoms with Crippen LogP contribution >= 0.6 is 0 Å². The zero-order valence-electron chi connectivity index (χ0n) is 28.3. The Hall–Kier alpha value is -3.65. The largest absolute Gasteiger partial charge is 0.379 e. The number of alkyl halides is 1. The van der Waals surface area contributed by atoms with Gasteiger partial charge in [-0.1, -0.05) is 6.07 Å². The van der Waals surface area contributed by atoms with E-state index in [1.54, 1.807) is 22.2 Å². The summed E-state index contributed by atoms with van der Waals surface area (Å²) in [6, 6.07) is 7.89. The van der Waals surface area contributed by atoms with Crippen LogP contribution in [-0.2, 0) is 42.2 Å². The van der Waals surface area contributed by atoms with E-state index in [1.807, 2.05) is 32.0 Å². The lowest BCUT2D eigenvalue weighted by atomic mass is 9.74. The molecular weight excluding hydrogens is 619 g/mol. The maximum Gasteiger partial charge on any atom is 0.317 e. The van der Waals surface area contributed by atoms with Crippen LogP contribution in [0.15, 0.2) is 36.7 Å². The molecule has 1 aromatic carbocycles. The first kappa shape index (κ1) is 35.7. The van der Waals surface area contributed by atoms with Crippen molar-refractivity contribution in [3.05, 3.63) is 53.6 Å². The van der Waals surface area contributed by atoms with E-state index in [4.69, 9.17) is 23.9 Å². The number of ether oxygens (including phenoxy) is 4. The fraction of sp³-hybridized carbons (Fsp3) is 0.600. The Morgan fingerprint density at radius 3 is 2.40 bits per heavy atom. The molecule has 0 unspecified atom stereocenters. The van der Waals surface area contributed by atoms with Gasteiger partial charge in [-0.05, 0) is 68.9 Å². The zero-order chi connectivity index (χ0) is 33.8. The van der Waals surface area contributed by atoms with Gasteiger partial charge in [-0.3, -0.25) is 14.2 Å². The quantitative estimate of drug-likeness (QED) is 0.189. The second kappa shape index (κ2) is 17.7. The first-order valence-corrected chi connectivity index (χ1v) is 17.1. The van der Waals surface area contributed by atoms with Crippen molar-refractivity contribution < 1.29 is 32.9 Å². The average Bonchev–Trinajstić information content (AvgIpc) is 3.55. The van der Waals surface area contributed by atoms with E-state index >= 15 is 0 Å². The highest BCUT2D eigenvalue weighted by Gasteiger charge is 2.52. The van der Waals surface area contributed by atoms with Crippen molar-refractivity contribution in [2.24, 2.45) is 0 Å². The Balaban J connectivity index is 1.12. The van der Waals surface area contributed by atoms with Crippen LogP contribution in [0.3, 0.4) is 0 Å². The normalized spacial score (nSPS) is 15.5. The second-order valence-corrected chi connectivity index (χ2v) is 12.2. The lowest BCUT2D eigenvalue weighted by molar-refractivity contribution is -0.124. The highest BCUT2D eigenvalue weighted by Crippen LogP contribution is 2.48. The summed E-state index contributed by atoms with van der Waals surface area (Å²) in [5.41, 5.74) is 3.97. The number of carbonyl (C=O) groups is 2. The Morgan fingerprint density at radius 2 is 1.69 bits per heavy atom. The Bertz CT molecular complexity index is 1490. The molecule has 262 valence electrons. The number of pyridine rings is 1. The van der Waals surface area contributed by atoms with Crippen molar-refractivity contribution in [2.45, 2.75) is 58.0 Å². The predicted molar refractivity (Wildman–Crippen MR) is 180 cm³/mol. The molecule has 2 aliphatic rings. The van der Waals surface area contributed by atoms with Crippen LogP contribution in [0, 0.1) is 6.92 Å². The summed E-state index contributed by atoms with van der Waals surface area (Å²) >= 11 is 0. The number of fused-ring (bicyclic) bond motifs is 3. The van der Waals surface area contributed by atoms with Crippen molar-refractivity contribution in [3.63, 3.8) is 0 Å². The molecule has 0 radical (unpaired) electrons. The van der Waals surface area contributed by atoms with Gasteiger partial charge in [0.1, 0.15) is 5.82 Å². The number of nitrogens with one attached hydrogen (secondary N) is 1. The summed E-state index contributed by atoms with van der Waals surface area (Å²) < 4.78 is 36.8. The van der Waals surface area contributed by atoms with Gasteiger partial charge in [0.05, 0.1) is 87.8 Å². The molecule has 48 heavy (non-hydrogen) atoms. The summed E-state index contributed by atoms with van der Waals surface area (Å²) in [5, 5.41) is 2.93. The molecule has 3 aromatic rings. The van der Waals surface area contributed by atoms with E-state index < -0.39 is 5.41 Å². The first-order chi connectivity index (χ1) is 23.5. The average molecular weight is 669 g/mol. The number of halogens is 1. The molecule has 1 fully saturated rings. The Kier molecular flexibility index (Phi) is 13.1. The predicted octanol–water partition coefficient (Wildman–Crippen LogP) is 4.17. The van der Waals surface area contributed by atoms with Gasteiger partial charge < -0.3 is 38.6 Å². The number of urea groups is 1. The van der Waals surface area contributed by atoms with E-state index in [2.05, 4.69) is 20.9 Å². The summed E-state index contributed by atoms with van der Waals surface area (Å²) in [4.78, 5) is 40.1. The molecule has 13 heteroatoms. The van der Waals surface area contributed by atoms with Crippen LogP contribution in [-0.4, -0.2) is 111 Å². The van der Waals surface area contributed by atoms with Crippen molar-refractivity contribution in [1.82, 2.24) is 24.8 Å². The van der Waals surface area contributed by atoms with Crippen LogP contribution < -0.4 is 10.2 Å². The molecule has 0 bridgehead atoms. The van der Waals surface area contributed by atoms with Gasteiger partial charge in [0.15, 0.2) is 0 Å². The maximum absolute atomic E-state index is 14.3. The van der Waals surface area contributed by atoms with Crippen molar-refractivity contribution in [2.75, 3.05) is 84.1 Å². The number of imidazole rings is 1. The standard InChI is InChI=1S/C35H49FN6O6/c1-3-45-18-19-47-22-23-48-21-20-46-17-13-38-34(44)40-15-9-35(10-16-40)28-8-12-37-25-31(28)42(33(35)43)26-32-39-29-7-6-27(2)24-30(29)41(32)14-5-4-11-36/h6-8,12,24-25H,3-5,9-11,13-23,26H2,1-2H3,(H,38,44). The molecule has 2 aromatic heterocycles. The third kappa shape index (κ3) is 8.49. The van der Waals surface area contributed by atoms with E-state index in [9.17, 15) is 14.0 Å². The van der Waals surface area contributed by atoms with Gasteiger partial charge in [0.2, 0.25) is 5.91 Å². The minimum Gasteiger partial charge on any atom is -0.379 e. The molecule has 5 rings (SSSR count). The molecule has 0 saturated carbocycles. The number of carbonyl (C=O) groups excluding carboxylic acids is 2. The van der Waals surface area contributed by atoms with Gasteiger partial charge in [-0.15, -0.1) is 0 Å². The molecule has 0 aliphatic carbocycles. The lowest BCUT2D eigenvalue weighted by Gasteiger charge is -2.38. The molecule has 1 saturated heterocycles. The van der Waals surface area contributed by atoms with E-state index in [0.717, 1.165) is 33.7 Å². The molecule has 12 nitrogen and oxygen atoms in total. The van der Waals surface area contributed by atoms with Gasteiger partial charge in [0, 0.05) is 39.0 Å². The minimum absolute atomic E-state index is 0.0109. The Morgan fingerprint density at radius 1 is 0.979 bits per heavy atom. The number of amides is 3. The number of aryl methyl sites for hydroxylation is 2. The monoisotopic (exact) mass is 668 g/mol. The van der Waals surface area contributed by atoms with Gasteiger partial charge in [-0.25, -0.2) is 9.78 Å². The molecule has 2 aliphatic heterocycles. The number of likely N-dealkylation sites (tertiary alicyclic amines) is 1. The van der Waals surface area contributed by atoms with Crippen LogP contribution in [0.4, 0.5) is 14.9 Å². The van der Waals surface area contributed by atoms with Crippen LogP contribution in [0.1, 0.15) is 49.6 Å². The molecule has 1 spiro atoms. The summed E-state index contributed by atoms with van der Waals surface area (Å²) in [6.45, 7) is 9.93. The fourth-order valence-electron chi connectivity index (χ4n) is 6.53. The number of anilines is 1. The zero-order valence-corrected chi connectivity index (χ0v) is 28.3. The minimum atomic E-state index is -0.728. The second-order valence-electron chi connectivity index (χ2n) is 12.2. The highest BCUT2D eigenvalue weighted by molar-refractivity contribution is 6.08. The molecule has 1 N–H and O–H groups in total. The first-order valence-electron chi connectivity index (χ1n) is 17.1. The third-order valence-corrected chi connectivity index (χ3v) is 9.06. The SMILES string of the molecule is CCOCCOCCOCCOCCNC(=O)N1CCC2(CC1)C(=O)N(Cc1nc3ccc(C)cc3n1CCCCF)c1cnccc12. The summed E-state index contributed by atoms with van der Waals surface area (Å²) in [7, 11) is 0. The topological polar surface area (TPSA) is 120 Å². The van der Waals surface area contributed by atoms with Crippen LogP contribution in [0.2, 0.25) is 0 Å². The van der Waals surface area contributed by atoms with Crippen LogP contribution in [0.5, 0.6) is 0 Å². The highest BCUT2D eigenvalue weighted by atomic mass is 19.1. The fourth-order valence-corrected chi connectivity index (χ4v) is 6.53. The maximum atomic E-state index is 14.3. The number of benzene rings is 1. The number of aromatic nitrogens is 3. The molecule has 0 atom stereocenters. The molecule has 3 amide bonds. The van der Waals surface area contributed by atoms with Crippen LogP contribution in [0.25, 0.3) is 11.0 Å². The number of hydrogen-bond donors (Lipinski definition) is 1. The lowest BCUT2D eigenvalue weighted by Crippen LogP contribution is -2.52. The van der Waals surface area contributed by atoms with E-state index in [1.165, 1.54) is 0 Å². The van der Waals surface area contributed by atoms with Gasteiger partial charge in [0.25, 0.3) is 0 Å². The van der Waals surface area contributed by atoms with Crippen molar-refractivity contribution in [3.8, 4) is 0 Å². The summed E-state index contributed by atoms with van der Waals surface area (Å²) in [5.74, 6) is 0.777. The third-order valence-electron chi connectivity index (χ3n) is 9.06. The van der Waals surface area contributed by atoms with Crippen molar-refractivity contribution >= 4 is 28.7 Å². The number of rotatable bonds is 19.